The van der Waals surface area contributed by atoms with E-state index in [9.17, 15) is 14.7 Å². The van der Waals surface area contributed by atoms with E-state index in [-0.39, 0.29) is 17.6 Å². The molecule has 29 heavy (non-hydrogen) atoms. The fourth-order valence-corrected chi connectivity index (χ4v) is 3.05. The minimum atomic E-state index is -1.13. The molecule has 1 aliphatic rings. The summed E-state index contributed by atoms with van der Waals surface area (Å²) in [5, 5.41) is 9.67. The number of carbonyl (C=O) groups excluding carboxylic acids is 2. The van der Waals surface area contributed by atoms with Crippen molar-refractivity contribution in [3.63, 3.8) is 0 Å². The molecule has 152 valence electrons. The molecule has 3 rings (SSSR count). The number of hydrogen-bond donors (Lipinski definition) is 1. The lowest BCUT2D eigenvalue weighted by Crippen LogP contribution is -2.37. The van der Waals surface area contributed by atoms with E-state index in [1.165, 1.54) is 0 Å². The minimum Gasteiger partial charge on any atom is -0.443 e. The van der Waals surface area contributed by atoms with Crippen LogP contribution in [0.2, 0.25) is 0 Å². The first-order chi connectivity index (χ1) is 13.8. The van der Waals surface area contributed by atoms with Crippen LogP contribution in [0.25, 0.3) is 0 Å². The van der Waals surface area contributed by atoms with E-state index in [0.717, 1.165) is 5.56 Å². The molecule has 0 atom stereocenters. The molecule has 7 nitrogen and oxygen atoms in total. The summed E-state index contributed by atoms with van der Waals surface area (Å²) in [6.45, 7) is 5.26. The fourth-order valence-electron chi connectivity index (χ4n) is 3.05. The van der Waals surface area contributed by atoms with Crippen molar-refractivity contribution in [1.29, 1.82) is 0 Å². The van der Waals surface area contributed by atoms with Crippen LogP contribution in [0, 0.1) is 11.8 Å². The van der Waals surface area contributed by atoms with Gasteiger partial charge in [-0.15, -0.1) is 0 Å². The summed E-state index contributed by atoms with van der Waals surface area (Å²) in [5.74, 6) is 5.74. The fraction of sp³-hybridized carbons (Fsp3) is 0.409. The predicted octanol–water partition coefficient (Wildman–Crippen LogP) is 1.71. The van der Waals surface area contributed by atoms with Crippen molar-refractivity contribution in [1.82, 2.24) is 14.8 Å². The molecular weight excluding hydrogens is 370 g/mol. The summed E-state index contributed by atoms with van der Waals surface area (Å²) in [6, 6.07) is 6.91. The van der Waals surface area contributed by atoms with Crippen LogP contribution in [0.15, 0.2) is 41.1 Å². The zero-order valence-corrected chi connectivity index (χ0v) is 16.7. The molecule has 0 spiro atoms. The molecule has 0 aliphatic carbocycles. The monoisotopic (exact) mass is 395 g/mol. The van der Waals surface area contributed by atoms with Crippen LogP contribution < -0.4 is 0 Å². The van der Waals surface area contributed by atoms with Crippen LogP contribution in [0.4, 0.5) is 0 Å². The Bertz CT molecular complexity index is 919. The number of hydrogen-bond acceptors (Lipinski definition) is 5. The molecule has 1 saturated heterocycles. The van der Waals surface area contributed by atoms with E-state index in [2.05, 4.69) is 16.8 Å². The normalized spacial score (nSPS) is 14.7. The van der Waals surface area contributed by atoms with Gasteiger partial charge in [-0.05, 0) is 50.0 Å². The van der Waals surface area contributed by atoms with E-state index >= 15 is 0 Å². The number of furan rings is 1. The highest BCUT2D eigenvalue weighted by molar-refractivity contribution is 5.91. The zero-order chi connectivity index (χ0) is 20.9. The number of aliphatic hydroxyl groups is 1. The maximum Gasteiger partial charge on any atom is 0.289 e. The second kappa shape index (κ2) is 8.93. The van der Waals surface area contributed by atoms with Gasteiger partial charge in [-0.3, -0.25) is 14.6 Å². The molecule has 1 aliphatic heterocycles. The summed E-state index contributed by atoms with van der Waals surface area (Å²) in [7, 11) is 0. The molecule has 3 heterocycles. The van der Waals surface area contributed by atoms with Gasteiger partial charge in [0.05, 0.1) is 6.42 Å². The smallest absolute Gasteiger partial charge is 0.289 e. The van der Waals surface area contributed by atoms with Gasteiger partial charge in [0.2, 0.25) is 5.91 Å². The molecule has 7 heteroatoms. The van der Waals surface area contributed by atoms with Gasteiger partial charge in [0.25, 0.3) is 5.91 Å². The van der Waals surface area contributed by atoms with Crippen LogP contribution in [0.5, 0.6) is 0 Å². The van der Waals surface area contributed by atoms with Crippen LogP contribution in [0.3, 0.4) is 0 Å². The van der Waals surface area contributed by atoms with Gasteiger partial charge < -0.3 is 19.3 Å². The standard InChI is InChI=1S/C22H25N3O4/c1-22(2,28)9-8-18-6-7-19(29-18)21(27)25-12-4-11-24(13-14-25)20(26)15-17-5-3-10-23-16-17/h3,5-7,10,16,28H,4,11-15H2,1-2H3. The molecule has 1 fully saturated rings. The van der Waals surface area contributed by atoms with Gasteiger partial charge in [0, 0.05) is 38.6 Å². The maximum absolute atomic E-state index is 12.8. The number of amides is 2. The molecule has 0 unspecified atom stereocenters. The topological polar surface area (TPSA) is 86.9 Å². The molecule has 0 bridgehead atoms. The molecule has 2 aromatic heterocycles. The molecule has 0 radical (unpaired) electrons. The van der Waals surface area contributed by atoms with Crippen LogP contribution in [0.1, 0.15) is 42.1 Å². The number of rotatable bonds is 3. The van der Waals surface area contributed by atoms with Crippen LogP contribution in [-0.4, -0.2) is 63.5 Å². The Labute approximate surface area is 170 Å². The third kappa shape index (κ3) is 5.93. The summed E-state index contributed by atoms with van der Waals surface area (Å²) in [6.07, 6.45) is 4.39. The third-order valence-electron chi connectivity index (χ3n) is 4.52. The largest absolute Gasteiger partial charge is 0.443 e. The number of aromatic nitrogens is 1. The SMILES string of the molecule is CC(C)(O)C#Cc1ccc(C(=O)N2CCCN(C(=O)Cc3cccnc3)CC2)o1. The second-order valence-corrected chi connectivity index (χ2v) is 7.54. The minimum absolute atomic E-state index is 0.0366. The van der Waals surface area contributed by atoms with E-state index in [1.807, 2.05) is 12.1 Å². The summed E-state index contributed by atoms with van der Waals surface area (Å²) < 4.78 is 5.52. The van der Waals surface area contributed by atoms with Crippen molar-refractivity contribution >= 4 is 11.8 Å². The van der Waals surface area contributed by atoms with Crippen molar-refractivity contribution in [3.05, 3.63) is 53.7 Å². The number of pyridine rings is 1. The number of nitrogens with zero attached hydrogens (tertiary/aromatic N) is 3. The van der Waals surface area contributed by atoms with Gasteiger partial charge in [0.1, 0.15) is 5.60 Å². The van der Waals surface area contributed by atoms with Crippen molar-refractivity contribution in [2.24, 2.45) is 0 Å². The van der Waals surface area contributed by atoms with Crippen LogP contribution in [-0.2, 0) is 11.2 Å². The Morgan fingerprint density at radius 2 is 1.93 bits per heavy atom. The molecule has 0 aromatic carbocycles. The first kappa shape index (κ1) is 20.6. The average Bonchev–Trinajstić information content (AvgIpc) is 3.02. The van der Waals surface area contributed by atoms with E-state index < -0.39 is 5.60 Å². The Balaban J connectivity index is 1.59. The summed E-state index contributed by atoms with van der Waals surface area (Å²) in [5.41, 5.74) is -0.252. The second-order valence-electron chi connectivity index (χ2n) is 7.54. The van der Waals surface area contributed by atoms with Crippen LogP contribution >= 0.6 is 0 Å². The predicted molar refractivity (Wildman–Crippen MR) is 107 cm³/mol. The molecule has 0 saturated carbocycles. The molecule has 2 amide bonds. The highest BCUT2D eigenvalue weighted by atomic mass is 16.4. The maximum atomic E-state index is 12.8. The van der Waals surface area contributed by atoms with Crippen molar-refractivity contribution < 1.29 is 19.1 Å². The highest BCUT2D eigenvalue weighted by Gasteiger charge is 2.24. The zero-order valence-electron chi connectivity index (χ0n) is 16.7. The quantitative estimate of drug-likeness (QED) is 0.800. The van der Waals surface area contributed by atoms with Crippen molar-refractivity contribution in [3.8, 4) is 11.8 Å². The van der Waals surface area contributed by atoms with Gasteiger partial charge in [-0.1, -0.05) is 12.0 Å². The molecule has 2 aromatic rings. The van der Waals surface area contributed by atoms with Gasteiger partial charge in [-0.25, -0.2) is 0 Å². The first-order valence-electron chi connectivity index (χ1n) is 9.63. The van der Waals surface area contributed by atoms with E-state index in [4.69, 9.17) is 4.42 Å². The van der Waals surface area contributed by atoms with Crippen molar-refractivity contribution in [2.75, 3.05) is 26.2 Å². The average molecular weight is 395 g/mol. The Morgan fingerprint density at radius 3 is 2.66 bits per heavy atom. The van der Waals surface area contributed by atoms with Gasteiger partial charge in [0.15, 0.2) is 11.5 Å². The Hall–Kier alpha value is -3.11. The Morgan fingerprint density at radius 1 is 1.17 bits per heavy atom. The lowest BCUT2D eigenvalue weighted by atomic mass is 10.1. The lowest BCUT2D eigenvalue weighted by Gasteiger charge is -2.21. The molecule has 1 N–H and O–H groups in total. The molecular formula is C22H25N3O4. The van der Waals surface area contributed by atoms with E-state index in [1.54, 1.807) is 48.2 Å². The lowest BCUT2D eigenvalue weighted by molar-refractivity contribution is -0.130. The first-order valence-corrected chi connectivity index (χ1v) is 9.63. The summed E-state index contributed by atoms with van der Waals surface area (Å²) in [4.78, 5) is 32.9. The van der Waals surface area contributed by atoms with Crippen molar-refractivity contribution in [2.45, 2.75) is 32.3 Å². The third-order valence-corrected chi connectivity index (χ3v) is 4.52. The Kier molecular flexibility index (Phi) is 6.35. The van der Waals surface area contributed by atoms with Gasteiger partial charge in [-0.2, -0.15) is 0 Å². The summed E-state index contributed by atoms with van der Waals surface area (Å²) >= 11 is 0. The van der Waals surface area contributed by atoms with Gasteiger partial charge >= 0.3 is 0 Å². The highest BCUT2D eigenvalue weighted by Crippen LogP contribution is 2.14. The van der Waals surface area contributed by atoms with E-state index in [0.29, 0.717) is 44.8 Å². The number of carbonyl (C=O) groups is 2.